The monoisotopic (exact) mass is 768 g/mol. The second-order valence-corrected chi connectivity index (χ2v) is 16.5. The van der Waals surface area contributed by atoms with E-state index in [4.69, 9.17) is 9.97 Å². The molecule has 0 radical (unpaired) electrons. The summed E-state index contributed by atoms with van der Waals surface area (Å²) in [6, 6.07) is 23.7. The molecule has 8 aromatic rings. The molecule has 6 aromatic heterocycles. The first-order valence-electron chi connectivity index (χ1n) is 18.5. The highest BCUT2D eigenvalue weighted by molar-refractivity contribution is 7.18. The fourth-order valence-corrected chi connectivity index (χ4v) is 8.96. The van der Waals surface area contributed by atoms with E-state index >= 15 is 0 Å². The van der Waals surface area contributed by atoms with Crippen molar-refractivity contribution in [2.45, 2.75) is 26.8 Å². The number of benzene rings is 2. The molecule has 1 atom stereocenters. The maximum Gasteiger partial charge on any atom is 0.258 e. The Morgan fingerprint density at radius 3 is 1.65 bits per heavy atom. The number of nitrogens with zero attached hydrogens (tertiary/aromatic N) is 8. The van der Waals surface area contributed by atoms with E-state index in [1.165, 1.54) is 0 Å². The fraction of sp³-hybridized carbons (Fsp3) is 0.268. The zero-order valence-corrected chi connectivity index (χ0v) is 32.5. The number of fused-ring (bicyclic) bond motifs is 4. The van der Waals surface area contributed by atoms with Crippen LogP contribution in [0.2, 0.25) is 0 Å². The van der Waals surface area contributed by atoms with Gasteiger partial charge in [0.15, 0.2) is 0 Å². The average Bonchev–Trinajstić information content (AvgIpc) is 3.77. The van der Waals surface area contributed by atoms with E-state index in [9.17, 15) is 9.59 Å². The first-order chi connectivity index (χ1) is 26.7. The number of piperazine rings is 2. The molecule has 0 saturated carbocycles. The molecule has 2 aromatic carbocycles. The highest BCUT2D eigenvalue weighted by Gasteiger charge is 2.17. The Hall–Kier alpha value is -5.54. The minimum atomic E-state index is -0.0698. The molecule has 2 fully saturated rings. The largest absolute Gasteiger partial charge is 0.368 e. The van der Waals surface area contributed by atoms with Gasteiger partial charge in [-0.3, -0.25) is 18.4 Å². The summed E-state index contributed by atoms with van der Waals surface area (Å²) in [5.74, 6) is 0. The van der Waals surface area contributed by atoms with Crippen LogP contribution in [0.3, 0.4) is 0 Å². The number of anilines is 2. The van der Waals surface area contributed by atoms with Gasteiger partial charge in [-0.2, -0.15) is 0 Å². The number of thiazole rings is 2. The Labute approximate surface area is 324 Å². The highest BCUT2D eigenvalue weighted by atomic mass is 32.1. The van der Waals surface area contributed by atoms with Crippen LogP contribution < -0.4 is 31.6 Å². The Morgan fingerprint density at radius 1 is 0.618 bits per heavy atom. The quantitative estimate of drug-likeness (QED) is 0.228. The lowest BCUT2D eigenvalue weighted by atomic mass is 10.1. The van der Waals surface area contributed by atoms with Crippen LogP contribution in [0.1, 0.15) is 16.9 Å². The van der Waals surface area contributed by atoms with E-state index < -0.39 is 0 Å². The molecule has 0 spiro atoms. The van der Waals surface area contributed by atoms with Crippen molar-refractivity contribution in [3.8, 4) is 22.5 Å². The Bertz CT molecular complexity index is 2840. The lowest BCUT2D eigenvalue weighted by Crippen LogP contribution is -2.49. The predicted molar refractivity (Wildman–Crippen MR) is 224 cm³/mol. The second kappa shape index (κ2) is 14.6. The number of aromatic nitrogens is 6. The molecule has 0 unspecified atom stereocenters. The van der Waals surface area contributed by atoms with Gasteiger partial charge in [0.05, 0.1) is 53.2 Å². The summed E-state index contributed by atoms with van der Waals surface area (Å²) in [5, 5.41) is 8.86. The van der Waals surface area contributed by atoms with Crippen molar-refractivity contribution in [1.82, 2.24) is 39.4 Å². The first-order valence-corrected chi connectivity index (χ1v) is 20.1. The summed E-state index contributed by atoms with van der Waals surface area (Å²) in [6.45, 7) is 12.8. The van der Waals surface area contributed by atoms with E-state index in [0.29, 0.717) is 28.7 Å². The minimum Gasteiger partial charge on any atom is -0.368 e. The van der Waals surface area contributed by atoms with Gasteiger partial charge in [0, 0.05) is 87.5 Å². The fourth-order valence-electron chi connectivity index (χ4n) is 7.35. The summed E-state index contributed by atoms with van der Waals surface area (Å²) >= 11 is 3.34. The van der Waals surface area contributed by atoms with Crippen LogP contribution in [0.4, 0.5) is 11.4 Å². The number of rotatable bonds is 4. The van der Waals surface area contributed by atoms with Gasteiger partial charge in [-0.15, -0.1) is 22.7 Å². The lowest BCUT2D eigenvalue weighted by Gasteiger charge is -2.33. The number of aryl methyl sites for hydroxylation is 2. The van der Waals surface area contributed by atoms with Crippen molar-refractivity contribution in [3.63, 3.8) is 0 Å². The first kappa shape index (κ1) is 35.2. The van der Waals surface area contributed by atoms with E-state index in [1.807, 2.05) is 80.8 Å². The molecule has 278 valence electrons. The zero-order valence-electron chi connectivity index (χ0n) is 30.8. The topological polar surface area (TPSA) is 125 Å². The maximum atomic E-state index is 12.8. The molecule has 8 heterocycles. The summed E-state index contributed by atoms with van der Waals surface area (Å²) < 4.78 is 5.56. The van der Waals surface area contributed by atoms with Crippen LogP contribution in [-0.2, 0) is 0 Å². The predicted octanol–water partition coefficient (Wildman–Crippen LogP) is 5.77. The molecule has 2 N–H and O–H groups in total. The van der Waals surface area contributed by atoms with Crippen LogP contribution in [0.5, 0.6) is 0 Å². The molecule has 2 aliphatic heterocycles. The van der Waals surface area contributed by atoms with Gasteiger partial charge in [-0.05, 0) is 69.3 Å². The molecule has 0 aliphatic carbocycles. The molecule has 2 saturated heterocycles. The third-order valence-electron chi connectivity index (χ3n) is 10.1. The second-order valence-electron chi connectivity index (χ2n) is 14.1. The molecule has 14 heteroatoms. The average molecular weight is 769 g/mol. The molecule has 0 amide bonds. The Balaban J connectivity index is 0.000000144. The third-order valence-corrected chi connectivity index (χ3v) is 12.0. The summed E-state index contributed by atoms with van der Waals surface area (Å²) in [7, 11) is 0. The van der Waals surface area contributed by atoms with Gasteiger partial charge in [0.25, 0.3) is 11.1 Å². The van der Waals surface area contributed by atoms with Crippen molar-refractivity contribution in [3.05, 3.63) is 116 Å². The van der Waals surface area contributed by atoms with Crippen molar-refractivity contribution in [2.75, 3.05) is 55.6 Å². The van der Waals surface area contributed by atoms with E-state index in [0.717, 1.165) is 98.8 Å². The van der Waals surface area contributed by atoms with Crippen LogP contribution in [0.25, 0.3) is 54.2 Å². The van der Waals surface area contributed by atoms with Gasteiger partial charge in [-0.25, -0.2) is 19.9 Å². The minimum absolute atomic E-state index is 0.0680. The zero-order chi connectivity index (χ0) is 37.6. The van der Waals surface area contributed by atoms with Gasteiger partial charge >= 0.3 is 0 Å². The highest BCUT2D eigenvalue weighted by Crippen LogP contribution is 2.28. The number of hydrogen-bond donors (Lipinski definition) is 2. The number of nitrogens with one attached hydrogen (secondary N) is 2. The Morgan fingerprint density at radius 2 is 1.13 bits per heavy atom. The molecule has 10 rings (SSSR count). The normalized spacial score (nSPS) is 16.2. The summed E-state index contributed by atoms with van der Waals surface area (Å²) in [5.41, 5.74) is 8.38. The van der Waals surface area contributed by atoms with Crippen molar-refractivity contribution >= 4 is 65.8 Å². The van der Waals surface area contributed by atoms with Crippen molar-refractivity contribution < 1.29 is 0 Å². The van der Waals surface area contributed by atoms with Gasteiger partial charge < -0.3 is 20.4 Å². The molecule has 2 aliphatic rings. The van der Waals surface area contributed by atoms with Gasteiger partial charge in [0.1, 0.15) is 11.3 Å². The molecule has 12 nitrogen and oxygen atoms in total. The lowest BCUT2D eigenvalue weighted by molar-refractivity contribution is 0.484. The van der Waals surface area contributed by atoms with Gasteiger partial charge in [0.2, 0.25) is 0 Å². The third kappa shape index (κ3) is 7.21. The molecular weight excluding hydrogens is 729 g/mol. The maximum absolute atomic E-state index is 12.8. The molecule has 0 bridgehead atoms. The standard InChI is InChI=1S/C21H21N5OS.C20H19N5OS/c1-13-11-25(8-7-22-13)16-4-6-20-24-17(10-21(27)26(20)12-16)15-3-5-19-18(9-15)23-14(2)28-19;1-13-22-17-10-14(2-4-18(17)27-13)16-11-20(26)25-12-15(3-5-19(25)23-16)24-8-6-21-7-9-24/h3-6,9-10,12-13,22H,7-8,11H2,1-2H3;2-5,10-12,21H,6-9H2,1H3/t13-;/m0./s1. The summed E-state index contributed by atoms with van der Waals surface area (Å²) in [6.07, 6.45) is 3.80. The smallest absolute Gasteiger partial charge is 0.258 e. The SMILES string of the molecule is Cc1nc2cc(-c3cc(=O)n4cc(N5CCNCC5)ccc4n3)ccc2s1.Cc1nc2cc(-c3cc(=O)n4cc(N5CCN[C@@H](C)C5)ccc4n3)ccc2s1. The van der Waals surface area contributed by atoms with Crippen LogP contribution >= 0.6 is 22.7 Å². The van der Waals surface area contributed by atoms with Crippen molar-refractivity contribution in [1.29, 1.82) is 0 Å². The molecular formula is C41H40N10O2S2. The Kier molecular flexibility index (Phi) is 9.34. The van der Waals surface area contributed by atoms with Crippen LogP contribution in [0.15, 0.2) is 94.8 Å². The van der Waals surface area contributed by atoms with E-state index in [1.54, 1.807) is 43.6 Å². The molecule has 55 heavy (non-hydrogen) atoms. The summed E-state index contributed by atoms with van der Waals surface area (Å²) in [4.78, 5) is 48.7. The van der Waals surface area contributed by atoms with Crippen molar-refractivity contribution in [2.24, 2.45) is 0 Å². The van der Waals surface area contributed by atoms with E-state index in [-0.39, 0.29) is 11.1 Å². The number of hydrogen-bond acceptors (Lipinski definition) is 12. The van der Waals surface area contributed by atoms with E-state index in [2.05, 4.69) is 43.4 Å². The van der Waals surface area contributed by atoms with Crippen LogP contribution in [0, 0.1) is 13.8 Å². The van der Waals surface area contributed by atoms with Gasteiger partial charge in [-0.1, -0.05) is 12.1 Å². The van der Waals surface area contributed by atoms with Crippen LogP contribution in [-0.4, -0.2) is 80.6 Å². The number of pyridine rings is 2.